The van der Waals surface area contributed by atoms with Gasteiger partial charge in [-0.15, -0.1) is 0 Å². The van der Waals surface area contributed by atoms with Crippen LogP contribution in [0, 0.1) is 6.92 Å². The Morgan fingerprint density at radius 3 is 2.70 bits per heavy atom. The van der Waals surface area contributed by atoms with Gasteiger partial charge < -0.3 is 10.6 Å². The summed E-state index contributed by atoms with van der Waals surface area (Å²) < 4.78 is 3.75. The smallest absolute Gasteiger partial charge is 0.166 e. The van der Waals surface area contributed by atoms with Crippen molar-refractivity contribution in [3.63, 3.8) is 0 Å². The molecule has 0 saturated heterocycles. The fraction of sp³-hybridized carbons (Fsp3) is 0.462. The van der Waals surface area contributed by atoms with E-state index in [9.17, 15) is 0 Å². The highest BCUT2D eigenvalue weighted by Crippen LogP contribution is 2.05. The number of hydrogen-bond acceptors (Lipinski definition) is 3. The van der Waals surface area contributed by atoms with Crippen molar-refractivity contribution in [2.45, 2.75) is 33.5 Å². The minimum absolute atomic E-state index is 0.634. The third-order valence-corrected chi connectivity index (χ3v) is 3.45. The molecule has 0 saturated carbocycles. The lowest BCUT2D eigenvalue weighted by molar-refractivity contribution is 0.653. The van der Waals surface area contributed by atoms with Crippen molar-refractivity contribution >= 4 is 17.3 Å². The number of thiocarbonyl (C=S) groups is 1. The molecule has 2 heterocycles. The summed E-state index contributed by atoms with van der Waals surface area (Å²) >= 11 is 5.27. The molecule has 0 aromatic carbocycles. The van der Waals surface area contributed by atoms with Gasteiger partial charge in [0, 0.05) is 38.1 Å². The zero-order chi connectivity index (χ0) is 14.5. The summed E-state index contributed by atoms with van der Waals surface area (Å²) in [5.41, 5.74) is 3.29. The fourth-order valence-electron chi connectivity index (χ4n) is 1.88. The van der Waals surface area contributed by atoms with Crippen molar-refractivity contribution in [3.8, 4) is 0 Å². The highest BCUT2D eigenvalue weighted by atomic mass is 32.1. The summed E-state index contributed by atoms with van der Waals surface area (Å²) in [4.78, 5) is 0. The molecule has 0 unspecified atom stereocenters. The minimum Gasteiger partial charge on any atom is -0.359 e. The Morgan fingerprint density at radius 1 is 1.35 bits per heavy atom. The van der Waals surface area contributed by atoms with E-state index in [-0.39, 0.29) is 0 Å². The molecule has 0 fully saturated rings. The molecule has 2 N–H and O–H groups in total. The number of aromatic nitrogens is 4. The zero-order valence-electron chi connectivity index (χ0n) is 12.1. The molecule has 2 aromatic rings. The van der Waals surface area contributed by atoms with Crippen LogP contribution >= 0.6 is 12.2 Å². The van der Waals surface area contributed by atoms with Gasteiger partial charge >= 0.3 is 0 Å². The highest BCUT2D eigenvalue weighted by Gasteiger charge is 2.05. The van der Waals surface area contributed by atoms with Gasteiger partial charge in [0.25, 0.3) is 0 Å². The summed E-state index contributed by atoms with van der Waals surface area (Å²) in [6.07, 6.45) is 3.82. The molecule has 0 radical (unpaired) electrons. The third-order valence-electron chi connectivity index (χ3n) is 3.16. The summed E-state index contributed by atoms with van der Waals surface area (Å²) in [6.45, 7) is 6.31. The Hall–Kier alpha value is -1.89. The predicted molar refractivity (Wildman–Crippen MR) is 82.1 cm³/mol. The van der Waals surface area contributed by atoms with Gasteiger partial charge in [-0.3, -0.25) is 9.36 Å². The lowest BCUT2D eigenvalue weighted by Gasteiger charge is -2.10. The quantitative estimate of drug-likeness (QED) is 0.809. The number of aryl methyl sites for hydroxylation is 3. The van der Waals surface area contributed by atoms with E-state index in [0.717, 1.165) is 23.5 Å². The Morgan fingerprint density at radius 2 is 2.10 bits per heavy atom. The second kappa shape index (κ2) is 6.51. The maximum Gasteiger partial charge on any atom is 0.166 e. The van der Waals surface area contributed by atoms with Gasteiger partial charge in [-0.05, 0) is 32.1 Å². The first-order chi connectivity index (χ1) is 9.60. The molecule has 0 bridgehead atoms. The van der Waals surface area contributed by atoms with Crippen LogP contribution in [0.15, 0.2) is 18.5 Å². The van der Waals surface area contributed by atoms with Crippen LogP contribution in [0.25, 0.3) is 0 Å². The van der Waals surface area contributed by atoms with E-state index in [1.807, 2.05) is 35.6 Å². The molecule has 0 spiro atoms. The second-order valence-corrected chi connectivity index (χ2v) is 4.99. The molecule has 7 heteroatoms. The van der Waals surface area contributed by atoms with E-state index in [4.69, 9.17) is 12.2 Å². The monoisotopic (exact) mass is 292 g/mol. The van der Waals surface area contributed by atoms with Crippen LogP contribution in [-0.2, 0) is 26.7 Å². The van der Waals surface area contributed by atoms with Crippen LogP contribution in [0.4, 0.5) is 0 Å². The molecule has 0 atom stereocenters. The van der Waals surface area contributed by atoms with E-state index < -0.39 is 0 Å². The second-order valence-electron chi connectivity index (χ2n) is 4.58. The van der Waals surface area contributed by atoms with Crippen molar-refractivity contribution in [3.05, 3.63) is 35.4 Å². The Bertz CT molecular complexity index is 585. The molecule has 6 nitrogen and oxygen atoms in total. The van der Waals surface area contributed by atoms with Gasteiger partial charge in [0.15, 0.2) is 5.11 Å². The molecule has 20 heavy (non-hydrogen) atoms. The van der Waals surface area contributed by atoms with Crippen LogP contribution in [0.3, 0.4) is 0 Å². The fourth-order valence-corrected chi connectivity index (χ4v) is 2.02. The Balaban J connectivity index is 1.80. The van der Waals surface area contributed by atoms with Crippen molar-refractivity contribution < 1.29 is 0 Å². The molecule has 0 aliphatic carbocycles. The number of nitrogens with one attached hydrogen (secondary N) is 2. The molecule has 108 valence electrons. The van der Waals surface area contributed by atoms with Crippen LogP contribution in [-0.4, -0.2) is 24.7 Å². The molecular formula is C13H20N6S. The lowest BCUT2D eigenvalue weighted by Crippen LogP contribution is -2.34. The first kappa shape index (κ1) is 14.5. The van der Waals surface area contributed by atoms with E-state index in [1.54, 1.807) is 6.20 Å². The van der Waals surface area contributed by atoms with E-state index in [1.165, 1.54) is 0 Å². The highest BCUT2D eigenvalue weighted by molar-refractivity contribution is 7.80. The van der Waals surface area contributed by atoms with Gasteiger partial charge in [0.2, 0.25) is 0 Å². The Kier molecular flexibility index (Phi) is 4.73. The lowest BCUT2D eigenvalue weighted by atomic mass is 10.3. The number of rotatable bonds is 5. The summed E-state index contributed by atoms with van der Waals surface area (Å²) in [5, 5.41) is 15.5. The third kappa shape index (κ3) is 3.57. The topological polar surface area (TPSA) is 59.7 Å². The largest absolute Gasteiger partial charge is 0.359 e. The minimum atomic E-state index is 0.634. The van der Waals surface area contributed by atoms with Crippen LogP contribution in [0.1, 0.15) is 23.9 Å². The van der Waals surface area contributed by atoms with E-state index >= 15 is 0 Å². The Labute approximate surface area is 124 Å². The van der Waals surface area contributed by atoms with Gasteiger partial charge in [-0.1, -0.05) is 0 Å². The maximum absolute atomic E-state index is 5.27. The van der Waals surface area contributed by atoms with E-state index in [0.29, 0.717) is 18.2 Å². The average molecular weight is 292 g/mol. The molecule has 0 aliphatic heterocycles. The first-order valence-electron chi connectivity index (χ1n) is 6.61. The summed E-state index contributed by atoms with van der Waals surface area (Å²) in [7, 11) is 1.91. The molecule has 2 rings (SSSR count). The summed E-state index contributed by atoms with van der Waals surface area (Å²) in [5.74, 6) is 0. The first-order valence-corrected chi connectivity index (χ1v) is 7.02. The molecule has 0 amide bonds. The van der Waals surface area contributed by atoms with Crippen molar-refractivity contribution in [1.82, 2.24) is 30.2 Å². The molecule has 0 aliphatic rings. The van der Waals surface area contributed by atoms with Crippen molar-refractivity contribution in [1.29, 1.82) is 0 Å². The number of hydrogen-bond donors (Lipinski definition) is 2. The zero-order valence-corrected chi connectivity index (χ0v) is 12.9. The van der Waals surface area contributed by atoms with Crippen LogP contribution < -0.4 is 10.6 Å². The van der Waals surface area contributed by atoms with Crippen LogP contribution in [0.2, 0.25) is 0 Å². The number of nitrogens with zero attached hydrogens (tertiary/aromatic N) is 4. The van der Waals surface area contributed by atoms with Gasteiger partial charge in [-0.2, -0.15) is 10.2 Å². The van der Waals surface area contributed by atoms with Crippen LogP contribution in [0.5, 0.6) is 0 Å². The molecular weight excluding hydrogens is 272 g/mol. The standard InChI is InChI=1S/C13H20N6S/c1-4-19-9-11(10(2)17-19)7-14-13(20)15-8-12-5-6-16-18(12)3/h5-6,9H,4,7-8H2,1-3H3,(H2,14,15,20). The molecule has 2 aromatic heterocycles. The van der Waals surface area contributed by atoms with Gasteiger partial charge in [0.05, 0.1) is 17.9 Å². The maximum atomic E-state index is 5.27. The van der Waals surface area contributed by atoms with E-state index in [2.05, 4.69) is 27.8 Å². The van der Waals surface area contributed by atoms with Crippen molar-refractivity contribution in [2.75, 3.05) is 0 Å². The normalized spacial score (nSPS) is 10.6. The summed E-state index contributed by atoms with van der Waals surface area (Å²) in [6, 6.07) is 1.96. The SMILES string of the molecule is CCn1cc(CNC(=S)NCc2ccnn2C)c(C)n1. The van der Waals surface area contributed by atoms with Gasteiger partial charge in [0.1, 0.15) is 0 Å². The van der Waals surface area contributed by atoms with Gasteiger partial charge in [-0.25, -0.2) is 0 Å². The predicted octanol–water partition coefficient (Wildman–Crippen LogP) is 1.11. The van der Waals surface area contributed by atoms with Crippen molar-refractivity contribution in [2.24, 2.45) is 7.05 Å². The average Bonchev–Trinajstić information content (AvgIpc) is 3.00.